The smallest absolute Gasteiger partial charge is 0.151 e. The summed E-state index contributed by atoms with van der Waals surface area (Å²) in [4.78, 5) is 0. The third kappa shape index (κ3) is 1.32. The van der Waals surface area contributed by atoms with E-state index >= 15 is 0 Å². The van der Waals surface area contributed by atoms with Gasteiger partial charge >= 0.3 is 0 Å². The molecule has 0 N–H and O–H groups in total. The third-order valence-electron chi connectivity index (χ3n) is 1.31. The first-order valence-corrected chi connectivity index (χ1v) is 5.52. The highest BCUT2D eigenvalue weighted by atomic mass is 35.6. The van der Waals surface area contributed by atoms with Crippen LogP contribution >= 0.6 is 11.1 Å². The topological polar surface area (TPSA) is 0 Å². The van der Waals surface area contributed by atoms with Crippen LogP contribution in [0.3, 0.4) is 0 Å². The molecule has 1 aliphatic carbocycles. The van der Waals surface area contributed by atoms with E-state index in [0.29, 0.717) is 0 Å². The zero-order valence-corrected chi connectivity index (χ0v) is 6.45. The molecule has 1 aliphatic rings. The lowest BCUT2D eigenvalue weighted by atomic mass is 10.4. The van der Waals surface area contributed by atoms with Gasteiger partial charge in [0.05, 0.1) is 0 Å². The van der Waals surface area contributed by atoms with Crippen LogP contribution in [-0.4, -0.2) is 8.83 Å². The molecule has 0 aromatic heterocycles. The van der Waals surface area contributed by atoms with Crippen LogP contribution in [0.25, 0.3) is 0 Å². The van der Waals surface area contributed by atoms with Crippen molar-refractivity contribution >= 4 is 19.9 Å². The summed E-state index contributed by atoms with van der Waals surface area (Å²) in [7, 11) is -0.276. The summed E-state index contributed by atoms with van der Waals surface area (Å²) in [5.41, 5.74) is 0. The third-order valence-corrected chi connectivity index (χ3v) is 3.32. The highest BCUT2D eigenvalue weighted by Gasteiger charge is 2.00. The van der Waals surface area contributed by atoms with Crippen molar-refractivity contribution < 1.29 is 0 Å². The minimum Gasteiger partial charge on any atom is -0.170 e. The van der Waals surface area contributed by atoms with Gasteiger partial charge in [-0.1, -0.05) is 11.3 Å². The van der Waals surface area contributed by atoms with Crippen molar-refractivity contribution in [3.8, 4) is 0 Å². The predicted octanol–water partition coefficient (Wildman–Crippen LogP) is 1.38. The van der Waals surface area contributed by atoms with Crippen molar-refractivity contribution in [1.29, 1.82) is 0 Å². The molecule has 1 rings (SSSR count). The molecule has 0 saturated heterocycles. The average molecular weight is 133 g/mol. The molecular formula is C5H9ClSi. The molecule has 0 heterocycles. The van der Waals surface area contributed by atoms with Gasteiger partial charge in [-0.3, -0.25) is 0 Å². The van der Waals surface area contributed by atoms with Gasteiger partial charge in [0.25, 0.3) is 0 Å². The van der Waals surface area contributed by atoms with Gasteiger partial charge in [-0.05, 0) is 19.3 Å². The molecule has 0 atom stereocenters. The minimum atomic E-state index is -0.276. The monoisotopic (exact) mass is 132 g/mol. The second-order valence-electron chi connectivity index (χ2n) is 1.89. The lowest BCUT2D eigenvalue weighted by Gasteiger charge is -1.86. The molecule has 2 heteroatoms. The van der Waals surface area contributed by atoms with Crippen LogP contribution in [0.15, 0.2) is 11.3 Å². The van der Waals surface area contributed by atoms with Crippen molar-refractivity contribution in [2.45, 2.75) is 19.3 Å². The number of halogens is 1. The molecule has 0 aromatic carbocycles. The number of hydrogen-bond acceptors (Lipinski definition) is 0. The van der Waals surface area contributed by atoms with Crippen molar-refractivity contribution in [2.75, 3.05) is 0 Å². The Morgan fingerprint density at radius 3 is 2.86 bits per heavy atom. The van der Waals surface area contributed by atoms with Crippen LogP contribution in [0, 0.1) is 0 Å². The lowest BCUT2D eigenvalue weighted by molar-refractivity contribution is 0.923. The fourth-order valence-electron chi connectivity index (χ4n) is 0.859. The zero-order chi connectivity index (χ0) is 5.11. The van der Waals surface area contributed by atoms with E-state index in [1.807, 2.05) is 0 Å². The molecule has 0 saturated carbocycles. The highest BCUT2D eigenvalue weighted by molar-refractivity contribution is 6.97. The standard InChI is InChI=1S/C5H9ClSi/c6-7-5-3-1-2-4-5/h3H,1-2,4,7H2. The van der Waals surface area contributed by atoms with E-state index in [2.05, 4.69) is 6.08 Å². The molecule has 0 amide bonds. The summed E-state index contributed by atoms with van der Waals surface area (Å²) in [6.07, 6.45) is 6.25. The van der Waals surface area contributed by atoms with Crippen molar-refractivity contribution in [1.82, 2.24) is 0 Å². The van der Waals surface area contributed by atoms with E-state index in [1.165, 1.54) is 19.3 Å². The Kier molecular flexibility index (Phi) is 1.95. The molecule has 0 unspecified atom stereocenters. The second kappa shape index (κ2) is 2.53. The summed E-state index contributed by atoms with van der Waals surface area (Å²) in [6.45, 7) is 0. The first-order chi connectivity index (χ1) is 3.43. The fourth-order valence-corrected chi connectivity index (χ4v) is 2.28. The summed E-state index contributed by atoms with van der Waals surface area (Å²) in [5.74, 6) is 0. The van der Waals surface area contributed by atoms with Crippen LogP contribution in [-0.2, 0) is 0 Å². The Hall–Kier alpha value is 0.247. The predicted molar refractivity (Wildman–Crippen MR) is 36.3 cm³/mol. The molecule has 0 aliphatic heterocycles. The maximum absolute atomic E-state index is 5.68. The summed E-state index contributed by atoms with van der Waals surface area (Å²) in [5, 5.41) is 1.57. The van der Waals surface area contributed by atoms with Gasteiger partial charge in [0.2, 0.25) is 0 Å². The minimum absolute atomic E-state index is 0.276. The molecule has 0 fully saturated rings. The first-order valence-electron chi connectivity index (χ1n) is 2.67. The molecule has 7 heavy (non-hydrogen) atoms. The van der Waals surface area contributed by atoms with Gasteiger partial charge in [0, 0.05) is 0 Å². The van der Waals surface area contributed by atoms with E-state index in [9.17, 15) is 0 Å². The normalized spacial score (nSPS) is 21.6. The fraction of sp³-hybridized carbons (Fsp3) is 0.600. The van der Waals surface area contributed by atoms with E-state index in [0.717, 1.165) is 0 Å². The van der Waals surface area contributed by atoms with Crippen LogP contribution < -0.4 is 0 Å². The summed E-state index contributed by atoms with van der Waals surface area (Å²) >= 11 is 5.68. The molecule has 0 nitrogen and oxygen atoms in total. The molecule has 40 valence electrons. The molecule has 0 aromatic rings. The van der Waals surface area contributed by atoms with Crippen molar-refractivity contribution in [3.05, 3.63) is 11.3 Å². The van der Waals surface area contributed by atoms with Crippen LogP contribution in [0.5, 0.6) is 0 Å². The maximum Gasteiger partial charge on any atom is 0.151 e. The van der Waals surface area contributed by atoms with Gasteiger partial charge in [0.1, 0.15) is 0 Å². The Morgan fingerprint density at radius 2 is 2.57 bits per heavy atom. The lowest BCUT2D eigenvalue weighted by Crippen LogP contribution is -1.79. The van der Waals surface area contributed by atoms with Crippen LogP contribution in [0.2, 0.25) is 0 Å². The van der Waals surface area contributed by atoms with Crippen LogP contribution in [0.4, 0.5) is 0 Å². The molecule has 0 radical (unpaired) electrons. The SMILES string of the molecule is Cl[SiH2]C1=CCCC1. The maximum atomic E-state index is 5.68. The van der Waals surface area contributed by atoms with Gasteiger partial charge in [-0.25, -0.2) is 0 Å². The Labute approximate surface area is 51.1 Å². The van der Waals surface area contributed by atoms with Gasteiger partial charge in [0.15, 0.2) is 8.83 Å². The van der Waals surface area contributed by atoms with E-state index < -0.39 is 0 Å². The Morgan fingerprint density at radius 1 is 1.71 bits per heavy atom. The number of hydrogen-bond donors (Lipinski definition) is 0. The van der Waals surface area contributed by atoms with Crippen LogP contribution in [0.1, 0.15) is 19.3 Å². The van der Waals surface area contributed by atoms with Crippen molar-refractivity contribution in [3.63, 3.8) is 0 Å². The number of allylic oxidation sites excluding steroid dienone is 2. The Bertz CT molecular complexity index is 88.1. The van der Waals surface area contributed by atoms with E-state index in [1.54, 1.807) is 5.20 Å². The highest BCUT2D eigenvalue weighted by Crippen LogP contribution is 2.16. The largest absolute Gasteiger partial charge is 0.170 e. The van der Waals surface area contributed by atoms with Crippen molar-refractivity contribution in [2.24, 2.45) is 0 Å². The van der Waals surface area contributed by atoms with Gasteiger partial charge in [-0.2, -0.15) is 11.1 Å². The zero-order valence-electron chi connectivity index (χ0n) is 4.28. The first kappa shape index (κ1) is 5.38. The summed E-state index contributed by atoms with van der Waals surface area (Å²) < 4.78 is 0. The number of rotatable bonds is 1. The van der Waals surface area contributed by atoms with Gasteiger partial charge < -0.3 is 0 Å². The quantitative estimate of drug-likeness (QED) is 0.374. The summed E-state index contributed by atoms with van der Waals surface area (Å²) in [6, 6.07) is 0. The van der Waals surface area contributed by atoms with E-state index in [4.69, 9.17) is 11.1 Å². The second-order valence-corrected chi connectivity index (χ2v) is 3.87. The Balaban J connectivity index is 2.36. The van der Waals surface area contributed by atoms with Gasteiger partial charge in [-0.15, -0.1) is 0 Å². The molecular weight excluding hydrogens is 124 g/mol. The average Bonchev–Trinajstić information content (AvgIpc) is 2.14. The van der Waals surface area contributed by atoms with E-state index in [-0.39, 0.29) is 8.83 Å². The molecule has 0 spiro atoms. The molecule has 0 bridgehead atoms.